The fraction of sp³-hybridized carbons (Fsp3) is 0.357. The zero-order valence-corrected chi connectivity index (χ0v) is 12.5. The first-order valence-corrected chi connectivity index (χ1v) is 6.59. The number of carboxylic acids is 1. The number of primary amides is 1. The van der Waals surface area contributed by atoms with Crippen molar-refractivity contribution in [1.29, 1.82) is 0 Å². The summed E-state index contributed by atoms with van der Waals surface area (Å²) in [5, 5.41) is 11.6. The molecule has 7 heteroatoms. The zero-order valence-electron chi connectivity index (χ0n) is 11.8. The van der Waals surface area contributed by atoms with Gasteiger partial charge in [0.1, 0.15) is 0 Å². The number of hydrogen-bond donors (Lipinski definition) is 3. The van der Waals surface area contributed by atoms with Crippen LogP contribution < -0.4 is 11.1 Å². The molecule has 0 saturated carbocycles. The molecule has 21 heavy (non-hydrogen) atoms. The Labute approximate surface area is 127 Å². The third-order valence-corrected chi connectivity index (χ3v) is 3.11. The van der Waals surface area contributed by atoms with E-state index in [1.807, 2.05) is 0 Å². The van der Waals surface area contributed by atoms with E-state index in [0.29, 0.717) is 5.69 Å². The van der Waals surface area contributed by atoms with Crippen molar-refractivity contribution in [3.05, 3.63) is 28.8 Å². The maximum Gasteiger partial charge on any atom is 0.303 e. The minimum atomic E-state index is -0.963. The van der Waals surface area contributed by atoms with Crippen molar-refractivity contribution in [2.75, 3.05) is 5.32 Å². The van der Waals surface area contributed by atoms with Crippen LogP contribution >= 0.6 is 11.6 Å². The number of anilines is 1. The summed E-state index contributed by atoms with van der Waals surface area (Å²) in [6.45, 7) is 3.38. The predicted molar refractivity (Wildman–Crippen MR) is 79.3 cm³/mol. The summed E-state index contributed by atoms with van der Waals surface area (Å²) >= 11 is 5.81. The number of rotatable bonds is 6. The average Bonchev–Trinajstić information content (AvgIpc) is 2.28. The lowest BCUT2D eigenvalue weighted by Crippen LogP contribution is -2.25. The maximum absolute atomic E-state index is 11.9. The Morgan fingerprint density at radius 1 is 1.29 bits per heavy atom. The van der Waals surface area contributed by atoms with Crippen molar-refractivity contribution in [1.82, 2.24) is 0 Å². The van der Waals surface area contributed by atoms with Gasteiger partial charge in [0.2, 0.25) is 11.8 Å². The van der Waals surface area contributed by atoms with Crippen LogP contribution in [-0.2, 0) is 9.59 Å². The summed E-state index contributed by atoms with van der Waals surface area (Å²) in [4.78, 5) is 33.8. The van der Waals surface area contributed by atoms with Crippen molar-refractivity contribution in [2.45, 2.75) is 26.7 Å². The van der Waals surface area contributed by atoms with Crippen LogP contribution in [0.25, 0.3) is 0 Å². The van der Waals surface area contributed by atoms with Crippen LogP contribution in [0.5, 0.6) is 0 Å². The Balaban J connectivity index is 2.78. The number of carboxylic acid groups (broad SMARTS) is 1. The van der Waals surface area contributed by atoms with Gasteiger partial charge >= 0.3 is 5.97 Å². The van der Waals surface area contributed by atoms with E-state index in [2.05, 4.69) is 5.32 Å². The summed E-state index contributed by atoms with van der Waals surface area (Å²) < 4.78 is 0. The Morgan fingerprint density at radius 2 is 1.90 bits per heavy atom. The highest BCUT2D eigenvalue weighted by molar-refractivity contribution is 6.33. The van der Waals surface area contributed by atoms with Crippen molar-refractivity contribution >= 4 is 35.1 Å². The molecule has 0 fully saturated rings. The van der Waals surface area contributed by atoms with Gasteiger partial charge in [0.25, 0.3) is 0 Å². The maximum atomic E-state index is 11.9. The molecule has 1 aromatic rings. The van der Waals surface area contributed by atoms with E-state index in [-0.39, 0.29) is 29.3 Å². The van der Waals surface area contributed by atoms with Gasteiger partial charge in [0.05, 0.1) is 17.0 Å². The number of carbonyl (C=O) groups is 3. The summed E-state index contributed by atoms with van der Waals surface area (Å²) in [6, 6.07) is 4.38. The van der Waals surface area contributed by atoms with Crippen LogP contribution in [0, 0.1) is 5.41 Å². The lowest BCUT2D eigenvalue weighted by atomic mass is 9.85. The van der Waals surface area contributed by atoms with Gasteiger partial charge in [-0.3, -0.25) is 14.4 Å². The van der Waals surface area contributed by atoms with Crippen LogP contribution in [-0.4, -0.2) is 22.9 Å². The largest absolute Gasteiger partial charge is 0.481 e. The number of halogens is 1. The van der Waals surface area contributed by atoms with Crippen molar-refractivity contribution in [2.24, 2.45) is 11.1 Å². The zero-order chi connectivity index (χ0) is 16.2. The molecule has 0 spiro atoms. The molecule has 0 aromatic heterocycles. The molecule has 0 aliphatic rings. The lowest BCUT2D eigenvalue weighted by molar-refractivity contribution is -0.139. The molecule has 0 aliphatic heterocycles. The smallest absolute Gasteiger partial charge is 0.303 e. The number of aliphatic carboxylic acids is 1. The molecule has 0 unspecified atom stereocenters. The van der Waals surface area contributed by atoms with Gasteiger partial charge < -0.3 is 16.2 Å². The van der Waals surface area contributed by atoms with Gasteiger partial charge in [-0.05, 0) is 23.6 Å². The highest BCUT2D eigenvalue weighted by Crippen LogP contribution is 2.26. The molecule has 6 nitrogen and oxygen atoms in total. The molecule has 1 aromatic carbocycles. The van der Waals surface area contributed by atoms with Crippen LogP contribution in [0.2, 0.25) is 5.02 Å². The van der Waals surface area contributed by atoms with E-state index in [0.717, 1.165) is 0 Å². The summed E-state index contributed by atoms with van der Waals surface area (Å²) in [7, 11) is 0. The van der Waals surface area contributed by atoms with E-state index < -0.39 is 17.3 Å². The topological polar surface area (TPSA) is 109 Å². The molecule has 0 atom stereocenters. The Morgan fingerprint density at radius 3 is 2.43 bits per heavy atom. The average molecular weight is 313 g/mol. The molecule has 0 saturated heterocycles. The minimum Gasteiger partial charge on any atom is -0.481 e. The SMILES string of the molecule is CC(C)(CC(=O)O)CC(=O)Nc1ccc(Cl)c(C(N)=O)c1. The first-order valence-electron chi connectivity index (χ1n) is 6.22. The number of nitrogens with one attached hydrogen (secondary N) is 1. The monoisotopic (exact) mass is 312 g/mol. The highest BCUT2D eigenvalue weighted by Gasteiger charge is 2.25. The summed E-state index contributed by atoms with van der Waals surface area (Å²) in [5.74, 6) is -2.00. The second-order valence-corrected chi connectivity index (χ2v) is 5.93. The Hall–Kier alpha value is -2.08. The standard InChI is InChI=1S/C14H17ClN2O4/c1-14(2,7-12(19)20)6-11(18)17-8-3-4-10(15)9(5-8)13(16)21/h3-5H,6-7H2,1-2H3,(H2,16,21)(H,17,18)(H,19,20). The lowest BCUT2D eigenvalue weighted by Gasteiger charge is -2.21. The number of carbonyl (C=O) groups excluding carboxylic acids is 2. The fourth-order valence-electron chi connectivity index (χ4n) is 1.90. The molecule has 0 bridgehead atoms. The van der Waals surface area contributed by atoms with Gasteiger partial charge in [-0.2, -0.15) is 0 Å². The van der Waals surface area contributed by atoms with Crippen molar-refractivity contribution < 1.29 is 19.5 Å². The van der Waals surface area contributed by atoms with E-state index in [1.165, 1.54) is 18.2 Å². The quantitative estimate of drug-likeness (QED) is 0.748. The molecular weight excluding hydrogens is 296 g/mol. The number of amides is 2. The van der Waals surface area contributed by atoms with Gasteiger partial charge in [0.15, 0.2) is 0 Å². The van der Waals surface area contributed by atoms with Gasteiger partial charge in [-0.25, -0.2) is 0 Å². The first kappa shape index (κ1) is 17.0. The van der Waals surface area contributed by atoms with Crippen LogP contribution in [0.3, 0.4) is 0 Å². The molecule has 2 amide bonds. The normalized spacial score (nSPS) is 11.0. The fourth-order valence-corrected chi connectivity index (χ4v) is 2.11. The Bertz CT molecular complexity index is 584. The molecule has 0 heterocycles. The molecule has 0 aliphatic carbocycles. The number of nitrogens with two attached hydrogens (primary N) is 1. The first-order chi connectivity index (χ1) is 9.60. The molecular formula is C14H17ClN2O4. The highest BCUT2D eigenvalue weighted by atomic mass is 35.5. The van der Waals surface area contributed by atoms with E-state index in [1.54, 1.807) is 13.8 Å². The second kappa shape index (κ2) is 6.58. The number of benzene rings is 1. The van der Waals surface area contributed by atoms with Crippen LogP contribution in [0.4, 0.5) is 5.69 Å². The van der Waals surface area contributed by atoms with Crippen LogP contribution in [0.15, 0.2) is 18.2 Å². The van der Waals surface area contributed by atoms with Gasteiger partial charge in [0, 0.05) is 12.1 Å². The third-order valence-electron chi connectivity index (χ3n) is 2.78. The molecule has 4 N–H and O–H groups in total. The van der Waals surface area contributed by atoms with Crippen molar-refractivity contribution in [3.8, 4) is 0 Å². The van der Waals surface area contributed by atoms with E-state index in [4.69, 9.17) is 22.4 Å². The Kier molecular flexibility index (Phi) is 5.32. The molecule has 114 valence electrons. The molecule has 0 radical (unpaired) electrons. The minimum absolute atomic E-state index is 0.0355. The second-order valence-electron chi connectivity index (χ2n) is 5.52. The predicted octanol–water partition coefficient (Wildman–Crippen LogP) is 2.27. The third kappa shape index (κ3) is 5.43. The number of hydrogen-bond acceptors (Lipinski definition) is 3. The van der Waals surface area contributed by atoms with E-state index in [9.17, 15) is 14.4 Å². The van der Waals surface area contributed by atoms with Crippen molar-refractivity contribution in [3.63, 3.8) is 0 Å². The summed E-state index contributed by atoms with van der Waals surface area (Å²) in [6.07, 6.45) is -0.0819. The summed E-state index contributed by atoms with van der Waals surface area (Å²) in [5.41, 5.74) is 4.99. The van der Waals surface area contributed by atoms with E-state index >= 15 is 0 Å². The van der Waals surface area contributed by atoms with Crippen LogP contribution in [0.1, 0.15) is 37.0 Å². The van der Waals surface area contributed by atoms with Gasteiger partial charge in [-0.1, -0.05) is 25.4 Å². The van der Waals surface area contributed by atoms with Gasteiger partial charge in [-0.15, -0.1) is 0 Å². The molecule has 1 rings (SSSR count).